The summed E-state index contributed by atoms with van der Waals surface area (Å²) in [6.45, 7) is 6.68. The van der Waals surface area contributed by atoms with E-state index in [1.165, 1.54) is 25.7 Å². The van der Waals surface area contributed by atoms with Crippen molar-refractivity contribution in [3.8, 4) is 0 Å². The highest BCUT2D eigenvalue weighted by Gasteiger charge is 2.52. The van der Waals surface area contributed by atoms with Gasteiger partial charge in [-0.1, -0.05) is 12.8 Å². The van der Waals surface area contributed by atoms with Gasteiger partial charge in [-0.2, -0.15) is 0 Å². The van der Waals surface area contributed by atoms with Crippen LogP contribution >= 0.6 is 0 Å². The molecule has 1 aliphatic heterocycles. The Bertz CT molecular complexity index is 442. The Labute approximate surface area is 127 Å². The van der Waals surface area contributed by atoms with Gasteiger partial charge < -0.3 is 10.2 Å². The summed E-state index contributed by atoms with van der Waals surface area (Å²) in [4.78, 5) is 26.6. The van der Waals surface area contributed by atoms with Crippen LogP contribution in [0.4, 0.5) is 0 Å². The fourth-order valence-electron chi connectivity index (χ4n) is 4.13. The van der Waals surface area contributed by atoms with Crippen molar-refractivity contribution in [2.24, 2.45) is 11.8 Å². The summed E-state index contributed by atoms with van der Waals surface area (Å²) in [5.74, 6) is 0.751. The molecule has 1 saturated heterocycles. The van der Waals surface area contributed by atoms with E-state index in [-0.39, 0.29) is 28.8 Å². The first-order valence-electron chi connectivity index (χ1n) is 8.44. The lowest BCUT2D eigenvalue weighted by Gasteiger charge is -2.32. The van der Waals surface area contributed by atoms with Gasteiger partial charge in [0, 0.05) is 24.0 Å². The Morgan fingerprint density at radius 2 is 1.86 bits per heavy atom. The van der Waals surface area contributed by atoms with Gasteiger partial charge in [-0.05, 0) is 52.4 Å². The van der Waals surface area contributed by atoms with Crippen LogP contribution in [-0.2, 0) is 9.59 Å². The second kappa shape index (κ2) is 4.99. The standard InChI is InChI=1S/C17H28N2O2/c1-16(2,3)19-11-12(10-14(19)20)15(21)18-17(8-9-17)13-6-4-5-7-13/h12-13H,4-11H2,1-3H3,(H,18,21). The van der Waals surface area contributed by atoms with E-state index in [1.54, 1.807) is 0 Å². The normalized spacial score (nSPS) is 29.0. The summed E-state index contributed by atoms with van der Waals surface area (Å²) in [6.07, 6.45) is 7.78. The van der Waals surface area contributed by atoms with E-state index in [4.69, 9.17) is 0 Å². The SMILES string of the molecule is CC(C)(C)N1CC(C(=O)NC2(C3CCCC3)CC2)CC1=O. The van der Waals surface area contributed by atoms with E-state index in [0.717, 1.165) is 12.8 Å². The maximum Gasteiger partial charge on any atom is 0.225 e. The first-order chi connectivity index (χ1) is 9.82. The molecule has 1 atom stereocenters. The monoisotopic (exact) mass is 292 g/mol. The number of hydrogen-bond acceptors (Lipinski definition) is 2. The van der Waals surface area contributed by atoms with Crippen molar-refractivity contribution in [3.05, 3.63) is 0 Å². The molecule has 4 nitrogen and oxygen atoms in total. The van der Waals surface area contributed by atoms with Crippen molar-refractivity contribution >= 4 is 11.8 Å². The maximum absolute atomic E-state index is 12.6. The largest absolute Gasteiger partial charge is 0.350 e. The van der Waals surface area contributed by atoms with E-state index in [2.05, 4.69) is 5.32 Å². The van der Waals surface area contributed by atoms with Gasteiger partial charge in [-0.3, -0.25) is 9.59 Å². The number of likely N-dealkylation sites (tertiary alicyclic amines) is 1. The van der Waals surface area contributed by atoms with Crippen molar-refractivity contribution < 1.29 is 9.59 Å². The lowest BCUT2D eigenvalue weighted by Crippen LogP contribution is -2.46. The van der Waals surface area contributed by atoms with Gasteiger partial charge in [-0.25, -0.2) is 0 Å². The molecule has 2 aliphatic carbocycles. The molecule has 0 aromatic heterocycles. The molecule has 0 bridgehead atoms. The van der Waals surface area contributed by atoms with Crippen molar-refractivity contribution in [2.75, 3.05) is 6.54 Å². The topological polar surface area (TPSA) is 49.4 Å². The molecule has 3 rings (SSSR count). The van der Waals surface area contributed by atoms with E-state index in [1.807, 2.05) is 25.7 Å². The van der Waals surface area contributed by atoms with E-state index in [9.17, 15) is 9.59 Å². The molecular weight excluding hydrogens is 264 g/mol. The predicted molar refractivity (Wildman–Crippen MR) is 81.6 cm³/mol. The smallest absolute Gasteiger partial charge is 0.225 e. The third kappa shape index (κ3) is 2.82. The Morgan fingerprint density at radius 1 is 1.24 bits per heavy atom. The summed E-state index contributed by atoms with van der Waals surface area (Å²) in [6, 6.07) is 0. The highest BCUT2D eigenvalue weighted by Crippen LogP contribution is 2.49. The summed E-state index contributed by atoms with van der Waals surface area (Å²) in [5.41, 5.74) is -0.0966. The van der Waals surface area contributed by atoms with Crippen LogP contribution in [0.5, 0.6) is 0 Å². The Hall–Kier alpha value is -1.06. The van der Waals surface area contributed by atoms with Crippen LogP contribution in [-0.4, -0.2) is 34.3 Å². The first kappa shape index (κ1) is 14.9. The molecular formula is C17H28N2O2. The van der Waals surface area contributed by atoms with Crippen molar-refractivity contribution in [1.29, 1.82) is 0 Å². The van der Waals surface area contributed by atoms with Crippen molar-refractivity contribution in [1.82, 2.24) is 10.2 Å². The fourth-order valence-corrected chi connectivity index (χ4v) is 4.13. The molecule has 4 heteroatoms. The van der Waals surface area contributed by atoms with Gasteiger partial charge in [0.25, 0.3) is 0 Å². The third-order valence-electron chi connectivity index (χ3n) is 5.60. The number of rotatable bonds is 3. The Balaban J connectivity index is 1.61. The average Bonchev–Trinajstić information content (AvgIpc) is 2.85. The number of carbonyl (C=O) groups excluding carboxylic acids is 2. The van der Waals surface area contributed by atoms with Crippen LogP contribution in [0.25, 0.3) is 0 Å². The zero-order valence-corrected chi connectivity index (χ0v) is 13.6. The molecule has 0 aromatic carbocycles. The van der Waals surface area contributed by atoms with E-state index < -0.39 is 0 Å². The van der Waals surface area contributed by atoms with Gasteiger partial charge in [0.2, 0.25) is 11.8 Å². The molecule has 3 aliphatic rings. The lowest BCUT2D eigenvalue weighted by molar-refractivity contribution is -0.132. The second-order valence-electron chi connectivity index (χ2n) is 8.20. The number of nitrogens with zero attached hydrogens (tertiary/aromatic N) is 1. The van der Waals surface area contributed by atoms with Gasteiger partial charge in [-0.15, -0.1) is 0 Å². The quantitative estimate of drug-likeness (QED) is 0.868. The van der Waals surface area contributed by atoms with Crippen LogP contribution in [0.2, 0.25) is 0 Å². The van der Waals surface area contributed by atoms with E-state index >= 15 is 0 Å². The van der Waals surface area contributed by atoms with Gasteiger partial charge in [0.15, 0.2) is 0 Å². The Morgan fingerprint density at radius 3 is 2.33 bits per heavy atom. The van der Waals surface area contributed by atoms with Crippen LogP contribution < -0.4 is 5.32 Å². The summed E-state index contributed by atoms with van der Waals surface area (Å²) in [5, 5.41) is 3.33. The molecule has 2 amide bonds. The van der Waals surface area contributed by atoms with Crippen LogP contribution in [0, 0.1) is 11.8 Å². The highest BCUT2D eigenvalue weighted by molar-refractivity contribution is 5.90. The Kier molecular flexibility index (Phi) is 3.53. The minimum absolute atomic E-state index is 0.0891. The minimum atomic E-state index is -0.186. The fraction of sp³-hybridized carbons (Fsp3) is 0.882. The molecule has 3 fully saturated rings. The average molecular weight is 292 g/mol. The molecule has 1 heterocycles. The molecule has 2 saturated carbocycles. The first-order valence-corrected chi connectivity index (χ1v) is 8.44. The summed E-state index contributed by atoms with van der Waals surface area (Å²) < 4.78 is 0. The zero-order chi connectivity index (χ0) is 15.3. The van der Waals surface area contributed by atoms with Gasteiger partial charge >= 0.3 is 0 Å². The van der Waals surface area contributed by atoms with Crippen molar-refractivity contribution in [2.45, 2.75) is 76.8 Å². The van der Waals surface area contributed by atoms with Crippen LogP contribution in [0.3, 0.4) is 0 Å². The van der Waals surface area contributed by atoms with Crippen LogP contribution in [0.15, 0.2) is 0 Å². The summed E-state index contributed by atoms with van der Waals surface area (Å²) >= 11 is 0. The molecule has 1 unspecified atom stereocenters. The predicted octanol–water partition coefficient (Wildman–Crippen LogP) is 2.47. The van der Waals surface area contributed by atoms with Crippen molar-refractivity contribution in [3.63, 3.8) is 0 Å². The number of amides is 2. The molecule has 0 radical (unpaired) electrons. The lowest BCUT2D eigenvalue weighted by atomic mass is 9.94. The molecule has 21 heavy (non-hydrogen) atoms. The molecule has 118 valence electrons. The van der Waals surface area contributed by atoms with Crippen LogP contribution in [0.1, 0.15) is 65.7 Å². The second-order valence-corrected chi connectivity index (χ2v) is 8.20. The summed E-state index contributed by atoms with van der Waals surface area (Å²) in [7, 11) is 0. The number of hydrogen-bond donors (Lipinski definition) is 1. The third-order valence-corrected chi connectivity index (χ3v) is 5.60. The van der Waals surface area contributed by atoms with E-state index in [0.29, 0.717) is 18.9 Å². The maximum atomic E-state index is 12.6. The molecule has 0 spiro atoms. The van der Waals surface area contributed by atoms with Gasteiger partial charge in [0.1, 0.15) is 0 Å². The zero-order valence-electron chi connectivity index (χ0n) is 13.6. The number of nitrogens with one attached hydrogen (secondary N) is 1. The number of carbonyl (C=O) groups is 2. The molecule has 0 aromatic rings. The van der Waals surface area contributed by atoms with Gasteiger partial charge in [0.05, 0.1) is 5.92 Å². The minimum Gasteiger partial charge on any atom is -0.350 e. The molecule has 1 N–H and O–H groups in total. The highest BCUT2D eigenvalue weighted by atomic mass is 16.2.